The van der Waals surface area contributed by atoms with Crippen LogP contribution in [0.5, 0.6) is 0 Å². The first-order valence-electron chi connectivity index (χ1n) is 9.40. The Hall–Kier alpha value is -2.30. The minimum Gasteiger partial charge on any atom is -0.391 e. The molecule has 2 rings (SSSR count). The third kappa shape index (κ3) is 6.62. The number of nitrogens with one attached hydrogen (secondary N) is 2. The molecule has 0 unspecified atom stereocenters. The Morgan fingerprint density at radius 1 is 1.21 bits per heavy atom. The molecule has 1 saturated heterocycles. The maximum Gasteiger partial charge on any atom is 0.252 e. The Bertz CT molecular complexity index is 697. The van der Waals surface area contributed by atoms with Crippen LogP contribution in [0.4, 0.5) is 0 Å². The molecule has 1 aromatic rings. The van der Waals surface area contributed by atoms with Crippen molar-refractivity contribution in [2.24, 2.45) is 0 Å². The maximum atomic E-state index is 12.5. The van der Waals surface area contributed by atoms with Gasteiger partial charge in [-0.05, 0) is 18.4 Å². The van der Waals surface area contributed by atoms with E-state index in [1.165, 1.54) is 13.2 Å². The molecule has 2 amide bonds. The van der Waals surface area contributed by atoms with Gasteiger partial charge in [-0.2, -0.15) is 0 Å². The minimum absolute atomic E-state index is 0.0974. The van der Waals surface area contributed by atoms with E-state index in [9.17, 15) is 30.0 Å². The van der Waals surface area contributed by atoms with Gasteiger partial charge in [0.1, 0.15) is 24.4 Å². The molecule has 0 radical (unpaired) electrons. The highest BCUT2D eigenvalue weighted by Gasteiger charge is 2.37. The number of hydrogen-bond donors (Lipinski definition) is 6. The van der Waals surface area contributed by atoms with Crippen LogP contribution in [0, 0.1) is 0 Å². The first-order chi connectivity index (χ1) is 13.8. The van der Waals surface area contributed by atoms with Crippen molar-refractivity contribution < 1.29 is 34.8 Å². The molecule has 6 atom stereocenters. The van der Waals surface area contributed by atoms with Gasteiger partial charge in [0, 0.05) is 13.7 Å². The zero-order valence-corrected chi connectivity index (χ0v) is 16.1. The number of amides is 2. The summed E-state index contributed by atoms with van der Waals surface area (Å²) in [5.74, 6) is -1.26. The van der Waals surface area contributed by atoms with Crippen LogP contribution < -0.4 is 10.6 Å². The number of ether oxygens (including phenoxy) is 1. The highest BCUT2D eigenvalue weighted by Crippen LogP contribution is 2.13. The van der Waals surface area contributed by atoms with Crippen LogP contribution in [0.2, 0.25) is 0 Å². The summed E-state index contributed by atoms with van der Waals surface area (Å²) in [6.45, 7) is 0.0974. The summed E-state index contributed by atoms with van der Waals surface area (Å²) in [4.78, 5) is 24.5. The monoisotopic (exact) mass is 408 g/mol. The fourth-order valence-corrected chi connectivity index (χ4v) is 3.00. The molecule has 6 N–H and O–H groups in total. The molecule has 160 valence electrons. The lowest BCUT2D eigenvalue weighted by molar-refractivity contribution is -0.150. The quantitative estimate of drug-likeness (QED) is 0.308. The summed E-state index contributed by atoms with van der Waals surface area (Å²) in [7, 11) is 1.17. The molecular weight excluding hydrogens is 380 g/mol. The minimum atomic E-state index is -1.74. The zero-order valence-electron chi connectivity index (χ0n) is 16.1. The lowest BCUT2D eigenvalue weighted by atomic mass is 10.0. The molecule has 1 aromatic carbocycles. The Morgan fingerprint density at radius 2 is 1.90 bits per heavy atom. The Labute approximate surface area is 169 Å². The maximum absolute atomic E-state index is 12.5. The van der Waals surface area contributed by atoms with Gasteiger partial charge in [0.15, 0.2) is 6.10 Å². The summed E-state index contributed by atoms with van der Waals surface area (Å²) in [5.41, 5.74) is 0.788. The summed E-state index contributed by atoms with van der Waals surface area (Å²) >= 11 is 0. The van der Waals surface area contributed by atoms with Crippen LogP contribution in [0.25, 0.3) is 6.08 Å². The molecule has 0 spiro atoms. The van der Waals surface area contributed by atoms with E-state index in [1.54, 1.807) is 18.2 Å². The Morgan fingerprint density at radius 3 is 2.55 bits per heavy atom. The normalized spacial score (nSPS) is 24.2. The molecule has 0 saturated carbocycles. The van der Waals surface area contributed by atoms with Crippen molar-refractivity contribution in [1.29, 1.82) is 0 Å². The fraction of sp³-hybridized carbons (Fsp3) is 0.500. The standard InChI is InChI=1S/C20H28N2O7/c1-29-18(20(28)22-14-9-8-13(23)11-21-19(14)27)17(26)16(25)15(24)10-7-12-5-3-2-4-6-12/h2-7,10,13-18,23-26H,8-9,11H2,1H3,(H,21,27)(H,22,28)/t13-,14+,15-,16+,17-,18-/m1/s1. The van der Waals surface area contributed by atoms with Crippen molar-refractivity contribution in [3.8, 4) is 0 Å². The molecule has 9 nitrogen and oxygen atoms in total. The number of benzene rings is 1. The van der Waals surface area contributed by atoms with Gasteiger partial charge >= 0.3 is 0 Å². The highest BCUT2D eigenvalue weighted by molar-refractivity contribution is 5.89. The molecule has 9 heteroatoms. The average molecular weight is 408 g/mol. The highest BCUT2D eigenvalue weighted by atomic mass is 16.5. The third-order valence-electron chi connectivity index (χ3n) is 4.74. The summed E-state index contributed by atoms with van der Waals surface area (Å²) < 4.78 is 5.00. The molecule has 0 aliphatic carbocycles. The van der Waals surface area contributed by atoms with Crippen LogP contribution in [0.3, 0.4) is 0 Å². The van der Waals surface area contributed by atoms with E-state index >= 15 is 0 Å². The van der Waals surface area contributed by atoms with Gasteiger partial charge in [0.05, 0.1) is 6.10 Å². The fourth-order valence-electron chi connectivity index (χ4n) is 3.00. The SMILES string of the molecule is CO[C@@H](C(=O)N[C@H]1CC[C@@H](O)CNC1=O)[C@H](O)[C@@H](O)[C@H](O)C=Cc1ccccc1. The second-order valence-corrected chi connectivity index (χ2v) is 6.94. The van der Waals surface area contributed by atoms with Gasteiger partial charge in [0.2, 0.25) is 5.91 Å². The molecule has 1 fully saturated rings. The predicted octanol–water partition coefficient (Wildman–Crippen LogP) is -1.45. The van der Waals surface area contributed by atoms with E-state index in [-0.39, 0.29) is 13.0 Å². The van der Waals surface area contributed by atoms with Gasteiger partial charge in [-0.15, -0.1) is 0 Å². The van der Waals surface area contributed by atoms with Crippen LogP contribution in [-0.2, 0) is 14.3 Å². The van der Waals surface area contributed by atoms with Crippen LogP contribution in [0.15, 0.2) is 36.4 Å². The predicted molar refractivity (Wildman–Crippen MR) is 104 cm³/mol. The van der Waals surface area contributed by atoms with Gasteiger partial charge in [-0.1, -0.05) is 42.5 Å². The molecule has 1 aliphatic heterocycles. The number of carbonyl (C=O) groups excluding carboxylic acids is 2. The van der Waals surface area contributed by atoms with E-state index in [4.69, 9.17) is 4.74 Å². The number of rotatable bonds is 8. The Balaban J connectivity index is 1.98. The van der Waals surface area contributed by atoms with Crippen molar-refractivity contribution in [1.82, 2.24) is 10.6 Å². The topological polar surface area (TPSA) is 148 Å². The molecule has 0 bridgehead atoms. The molecular formula is C20H28N2O7. The van der Waals surface area contributed by atoms with E-state index in [2.05, 4.69) is 10.6 Å². The largest absolute Gasteiger partial charge is 0.391 e. The van der Waals surface area contributed by atoms with Gasteiger partial charge in [-0.3, -0.25) is 9.59 Å². The third-order valence-corrected chi connectivity index (χ3v) is 4.74. The number of carbonyl (C=O) groups is 2. The summed E-state index contributed by atoms with van der Waals surface area (Å²) in [6, 6.07) is 8.16. The lowest BCUT2D eigenvalue weighted by Crippen LogP contribution is -2.55. The van der Waals surface area contributed by atoms with Crippen LogP contribution in [-0.4, -0.2) is 82.5 Å². The van der Waals surface area contributed by atoms with Crippen molar-refractivity contribution in [2.45, 2.75) is 49.4 Å². The number of hydrogen-bond acceptors (Lipinski definition) is 7. The van der Waals surface area contributed by atoms with Crippen molar-refractivity contribution >= 4 is 17.9 Å². The second-order valence-electron chi connectivity index (χ2n) is 6.94. The summed E-state index contributed by atoms with van der Waals surface area (Å²) in [5, 5.41) is 45.3. The van der Waals surface area contributed by atoms with E-state index in [0.29, 0.717) is 6.42 Å². The molecule has 29 heavy (non-hydrogen) atoms. The number of β-amino-alcohol motifs (C(OH)–C–C–N with tert-alkyl or cyclic N) is 1. The first kappa shape index (κ1) is 23.0. The van der Waals surface area contributed by atoms with Gasteiger partial charge in [0.25, 0.3) is 5.91 Å². The van der Waals surface area contributed by atoms with Crippen molar-refractivity contribution in [3.05, 3.63) is 42.0 Å². The van der Waals surface area contributed by atoms with Crippen LogP contribution >= 0.6 is 0 Å². The van der Waals surface area contributed by atoms with Crippen molar-refractivity contribution in [3.63, 3.8) is 0 Å². The van der Waals surface area contributed by atoms with E-state index in [1.807, 2.05) is 18.2 Å². The summed E-state index contributed by atoms with van der Waals surface area (Å²) in [6.07, 6.45) is -3.69. The van der Waals surface area contributed by atoms with Gasteiger partial charge < -0.3 is 35.8 Å². The molecule has 0 aromatic heterocycles. The van der Waals surface area contributed by atoms with Crippen molar-refractivity contribution in [2.75, 3.05) is 13.7 Å². The number of aliphatic hydroxyl groups excluding tert-OH is 4. The number of methoxy groups -OCH3 is 1. The second kappa shape index (κ2) is 11.0. The Kier molecular flexibility index (Phi) is 8.74. The number of aliphatic hydroxyl groups is 4. The molecule has 1 heterocycles. The molecule has 1 aliphatic rings. The van der Waals surface area contributed by atoms with Gasteiger partial charge in [-0.25, -0.2) is 0 Å². The zero-order chi connectivity index (χ0) is 21.4. The first-order valence-corrected chi connectivity index (χ1v) is 9.40. The van der Waals surface area contributed by atoms with E-state index < -0.39 is 48.4 Å². The average Bonchev–Trinajstić information content (AvgIpc) is 2.88. The lowest BCUT2D eigenvalue weighted by Gasteiger charge is -2.28. The smallest absolute Gasteiger partial charge is 0.252 e. The van der Waals surface area contributed by atoms with E-state index in [0.717, 1.165) is 5.56 Å². The van der Waals surface area contributed by atoms with Crippen LogP contribution in [0.1, 0.15) is 18.4 Å².